The highest BCUT2D eigenvalue weighted by atomic mass is 16.5. The van der Waals surface area contributed by atoms with E-state index in [-0.39, 0.29) is 19.0 Å². The summed E-state index contributed by atoms with van der Waals surface area (Å²) in [6.07, 6.45) is 3.35. The molecule has 0 aliphatic heterocycles. The van der Waals surface area contributed by atoms with Crippen molar-refractivity contribution >= 4 is 11.9 Å². The van der Waals surface area contributed by atoms with Crippen LogP contribution in [0.2, 0.25) is 0 Å². The fraction of sp³-hybridized carbons (Fsp3) is 0.286. The summed E-state index contributed by atoms with van der Waals surface area (Å²) in [5.74, 6) is -0.792. The molecule has 0 aliphatic rings. The quantitative estimate of drug-likeness (QED) is 0.483. The van der Waals surface area contributed by atoms with Crippen LogP contribution in [0.15, 0.2) is 36.4 Å². The summed E-state index contributed by atoms with van der Waals surface area (Å²) < 4.78 is 9.82. The van der Waals surface area contributed by atoms with Gasteiger partial charge in [-0.2, -0.15) is 0 Å². The van der Waals surface area contributed by atoms with Crippen molar-refractivity contribution in [3.05, 3.63) is 42.0 Å². The lowest BCUT2D eigenvalue weighted by molar-refractivity contribution is -0.138. The predicted molar refractivity (Wildman–Crippen MR) is 68.8 cm³/mol. The summed E-state index contributed by atoms with van der Waals surface area (Å²) in [6, 6.07) is 5.78. The van der Waals surface area contributed by atoms with Crippen LogP contribution in [0.25, 0.3) is 0 Å². The van der Waals surface area contributed by atoms with Gasteiger partial charge in [-0.3, -0.25) is 0 Å². The van der Waals surface area contributed by atoms with E-state index in [1.54, 1.807) is 13.0 Å². The molecular weight excluding hydrogens is 248 g/mol. The number of hydrogen-bond acceptors (Lipinski definition) is 5. The van der Waals surface area contributed by atoms with E-state index in [1.807, 2.05) is 0 Å². The number of esters is 2. The molecule has 5 nitrogen and oxygen atoms in total. The standard InChI is InChI=1S/C14H16O5/c1-2-4-13(16)18-9-3-10-19-14(17)11-5-7-12(15)8-6-11/h2,4-8,15H,3,9-10H2,1H3. The molecule has 0 amide bonds. The fourth-order valence-electron chi connectivity index (χ4n) is 1.26. The number of rotatable bonds is 6. The molecule has 1 N–H and O–H groups in total. The van der Waals surface area contributed by atoms with Crippen LogP contribution in [0.5, 0.6) is 5.75 Å². The molecule has 0 heterocycles. The van der Waals surface area contributed by atoms with Crippen LogP contribution in [0.3, 0.4) is 0 Å². The Bertz CT molecular complexity index is 447. The van der Waals surface area contributed by atoms with E-state index >= 15 is 0 Å². The van der Waals surface area contributed by atoms with E-state index in [2.05, 4.69) is 0 Å². The van der Waals surface area contributed by atoms with Crippen LogP contribution in [-0.2, 0) is 14.3 Å². The van der Waals surface area contributed by atoms with E-state index < -0.39 is 11.9 Å². The van der Waals surface area contributed by atoms with Crippen LogP contribution in [0.4, 0.5) is 0 Å². The van der Waals surface area contributed by atoms with Crippen LogP contribution in [0, 0.1) is 0 Å². The molecule has 0 saturated carbocycles. The summed E-state index contributed by atoms with van der Waals surface area (Å²) in [4.78, 5) is 22.5. The van der Waals surface area contributed by atoms with Gasteiger partial charge in [0.25, 0.3) is 0 Å². The molecule has 102 valence electrons. The zero-order valence-electron chi connectivity index (χ0n) is 10.7. The average Bonchev–Trinajstić information content (AvgIpc) is 2.39. The number of carbonyl (C=O) groups excluding carboxylic acids is 2. The van der Waals surface area contributed by atoms with Crippen LogP contribution in [-0.4, -0.2) is 30.3 Å². The lowest BCUT2D eigenvalue weighted by Gasteiger charge is -2.05. The van der Waals surface area contributed by atoms with Crippen molar-refractivity contribution in [2.75, 3.05) is 13.2 Å². The van der Waals surface area contributed by atoms with E-state index in [4.69, 9.17) is 14.6 Å². The molecule has 0 atom stereocenters. The van der Waals surface area contributed by atoms with Gasteiger partial charge < -0.3 is 14.6 Å². The van der Waals surface area contributed by atoms with Gasteiger partial charge in [0.1, 0.15) is 5.75 Å². The first-order valence-electron chi connectivity index (χ1n) is 5.89. The molecule has 0 saturated heterocycles. The molecule has 5 heteroatoms. The van der Waals surface area contributed by atoms with E-state index in [9.17, 15) is 9.59 Å². The first-order valence-corrected chi connectivity index (χ1v) is 5.89. The number of ether oxygens (including phenoxy) is 2. The van der Waals surface area contributed by atoms with Crippen molar-refractivity contribution in [3.63, 3.8) is 0 Å². The lowest BCUT2D eigenvalue weighted by Crippen LogP contribution is -2.09. The SMILES string of the molecule is CC=CC(=O)OCCCOC(=O)c1ccc(O)cc1. The molecule has 0 radical (unpaired) electrons. The second-order valence-corrected chi connectivity index (χ2v) is 3.70. The highest BCUT2D eigenvalue weighted by molar-refractivity contribution is 5.89. The normalized spacial score (nSPS) is 10.4. The number of aromatic hydroxyl groups is 1. The van der Waals surface area contributed by atoms with Crippen molar-refractivity contribution in [2.24, 2.45) is 0 Å². The van der Waals surface area contributed by atoms with Gasteiger partial charge in [-0.15, -0.1) is 0 Å². The number of phenolic OH excluding ortho intramolecular Hbond substituents is 1. The molecule has 0 bridgehead atoms. The Morgan fingerprint density at radius 3 is 2.42 bits per heavy atom. The second-order valence-electron chi connectivity index (χ2n) is 3.70. The number of allylic oxidation sites excluding steroid dienone is 1. The molecule has 0 spiro atoms. The summed E-state index contributed by atoms with van der Waals surface area (Å²) in [6.45, 7) is 2.09. The van der Waals surface area contributed by atoms with Gasteiger partial charge in [-0.05, 0) is 31.2 Å². The molecule has 19 heavy (non-hydrogen) atoms. The minimum atomic E-state index is -0.472. The fourth-order valence-corrected chi connectivity index (χ4v) is 1.26. The van der Waals surface area contributed by atoms with Crippen molar-refractivity contribution < 1.29 is 24.2 Å². The van der Waals surface area contributed by atoms with Gasteiger partial charge in [-0.25, -0.2) is 9.59 Å². The number of carbonyl (C=O) groups is 2. The summed E-state index contributed by atoms with van der Waals surface area (Å²) in [7, 11) is 0. The Balaban J connectivity index is 2.21. The molecule has 1 rings (SSSR count). The minimum absolute atomic E-state index is 0.0902. The Morgan fingerprint density at radius 1 is 1.16 bits per heavy atom. The highest BCUT2D eigenvalue weighted by Gasteiger charge is 2.06. The highest BCUT2D eigenvalue weighted by Crippen LogP contribution is 2.10. The maximum Gasteiger partial charge on any atom is 0.338 e. The molecule has 0 aromatic heterocycles. The van der Waals surface area contributed by atoms with Crippen molar-refractivity contribution in [1.82, 2.24) is 0 Å². The molecule has 0 unspecified atom stereocenters. The zero-order chi connectivity index (χ0) is 14.1. The molecule has 1 aromatic rings. The molecule has 1 aromatic carbocycles. The third-order valence-electron chi connectivity index (χ3n) is 2.17. The van der Waals surface area contributed by atoms with Gasteiger partial charge in [0, 0.05) is 12.5 Å². The van der Waals surface area contributed by atoms with E-state index in [1.165, 1.54) is 30.3 Å². The lowest BCUT2D eigenvalue weighted by atomic mass is 10.2. The first-order chi connectivity index (χ1) is 9.13. The topological polar surface area (TPSA) is 72.8 Å². The van der Waals surface area contributed by atoms with E-state index in [0.29, 0.717) is 12.0 Å². The van der Waals surface area contributed by atoms with Gasteiger partial charge in [0.2, 0.25) is 0 Å². The molecule has 0 aliphatic carbocycles. The minimum Gasteiger partial charge on any atom is -0.508 e. The van der Waals surface area contributed by atoms with Crippen molar-refractivity contribution in [2.45, 2.75) is 13.3 Å². The van der Waals surface area contributed by atoms with Crippen LogP contribution < -0.4 is 0 Å². The zero-order valence-corrected chi connectivity index (χ0v) is 10.7. The maximum absolute atomic E-state index is 11.5. The Morgan fingerprint density at radius 2 is 1.79 bits per heavy atom. The monoisotopic (exact) mass is 264 g/mol. The number of benzene rings is 1. The van der Waals surface area contributed by atoms with Crippen LogP contribution in [0.1, 0.15) is 23.7 Å². The van der Waals surface area contributed by atoms with Crippen molar-refractivity contribution in [3.8, 4) is 5.75 Å². The third-order valence-corrected chi connectivity index (χ3v) is 2.17. The van der Waals surface area contributed by atoms with Gasteiger partial charge in [-0.1, -0.05) is 6.08 Å². The first kappa shape index (κ1) is 14.8. The third kappa shape index (κ3) is 5.72. The Hall–Kier alpha value is -2.30. The molecule has 0 fully saturated rings. The maximum atomic E-state index is 11.5. The smallest absolute Gasteiger partial charge is 0.338 e. The number of phenols is 1. The average molecular weight is 264 g/mol. The largest absolute Gasteiger partial charge is 0.508 e. The Kier molecular flexibility index (Phi) is 6.15. The summed E-state index contributed by atoms with van der Waals surface area (Å²) in [5.41, 5.74) is 0.365. The second kappa shape index (κ2) is 7.92. The van der Waals surface area contributed by atoms with Gasteiger partial charge >= 0.3 is 11.9 Å². The van der Waals surface area contributed by atoms with Gasteiger partial charge in [0.15, 0.2) is 0 Å². The molecular formula is C14H16O5. The summed E-state index contributed by atoms with van der Waals surface area (Å²) >= 11 is 0. The van der Waals surface area contributed by atoms with Crippen LogP contribution >= 0.6 is 0 Å². The number of hydrogen-bond donors (Lipinski definition) is 1. The predicted octanol–water partition coefficient (Wildman–Crippen LogP) is 2.06. The Labute approximate surface area is 111 Å². The summed E-state index contributed by atoms with van der Waals surface area (Å²) in [5, 5.41) is 9.07. The van der Waals surface area contributed by atoms with Crippen molar-refractivity contribution in [1.29, 1.82) is 0 Å². The van der Waals surface area contributed by atoms with E-state index in [0.717, 1.165) is 0 Å². The van der Waals surface area contributed by atoms with Gasteiger partial charge in [0.05, 0.1) is 18.8 Å².